The lowest BCUT2D eigenvalue weighted by atomic mass is 9.90. The molecule has 0 spiro atoms. The van der Waals surface area contributed by atoms with Gasteiger partial charge in [0, 0.05) is 24.9 Å². The van der Waals surface area contributed by atoms with E-state index in [2.05, 4.69) is 13.8 Å². The van der Waals surface area contributed by atoms with Crippen molar-refractivity contribution in [1.29, 1.82) is 0 Å². The second kappa shape index (κ2) is 8.65. The Bertz CT molecular complexity index is 221. The van der Waals surface area contributed by atoms with Crippen molar-refractivity contribution >= 4 is 5.78 Å². The summed E-state index contributed by atoms with van der Waals surface area (Å²) in [5.41, 5.74) is 0. The van der Waals surface area contributed by atoms with Crippen LogP contribution in [0, 0.1) is 0 Å². The van der Waals surface area contributed by atoms with Crippen molar-refractivity contribution in [3.05, 3.63) is 0 Å². The molecular weight excluding hydrogens is 226 g/mol. The molecule has 1 N–H and O–H groups in total. The lowest BCUT2D eigenvalue weighted by Crippen LogP contribution is -2.47. The predicted molar refractivity (Wildman–Crippen MR) is 73.7 cm³/mol. The Labute approximate surface area is 112 Å². The molecule has 18 heavy (non-hydrogen) atoms. The van der Waals surface area contributed by atoms with Gasteiger partial charge in [0.1, 0.15) is 5.78 Å². The van der Waals surface area contributed by atoms with Gasteiger partial charge in [-0.05, 0) is 12.8 Å². The highest BCUT2D eigenvalue weighted by Gasteiger charge is 2.32. The number of unbranched alkanes of at least 4 members (excludes halogenated alkanes) is 4. The van der Waals surface area contributed by atoms with Crippen LogP contribution in [0.15, 0.2) is 0 Å². The number of carbonyl (C=O) groups is 1. The van der Waals surface area contributed by atoms with Crippen molar-refractivity contribution in [2.24, 2.45) is 0 Å². The average Bonchev–Trinajstić information content (AvgIpc) is 2.35. The Kier molecular flexibility index (Phi) is 7.52. The molecule has 1 fully saturated rings. The summed E-state index contributed by atoms with van der Waals surface area (Å²) in [6.07, 6.45) is 10.0. The zero-order valence-electron chi connectivity index (χ0n) is 12.0. The van der Waals surface area contributed by atoms with E-state index >= 15 is 0 Å². The van der Waals surface area contributed by atoms with Gasteiger partial charge in [-0.2, -0.15) is 5.06 Å². The van der Waals surface area contributed by atoms with Gasteiger partial charge in [0.25, 0.3) is 0 Å². The highest BCUT2D eigenvalue weighted by atomic mass is 16.5. The molecule has 0 aromatic carbocycles. The van der Waals surface area contributed by atoms with Crippen molar-refractivity contribution in [3.8, 4) is 0 Å². The van der Waals surface area contributed by atoms with Crippen molar-refractivity contribution in [3.63, 3.8) is 0 Å². The largest absolute Gasteiger partial charge is 0.313 e. The topological polar surface area (TPSA) is 40.5 Å². The zero-order valence-corrected chi connectivity index (χ0v) is 12.0. The summed E-state index contributed by atoms with van der Waals surface area (Å²) in [6.45, 7) is 4.35. The third kappa shape index (κ3) is 5.07. The normalized spacial score (nSPS) is 25.6. The van der Waals surface area contributed by atoms with Gasteiger partial charge >= 0.3 is 0 Å². The summed E-state index contributed by atoms with van der Waals surface area (Å²) >= 11 is 0. The molecule has 0 aromatic heterocycles. The predicted octanol–water partition coefficient (Wildman–Crippen LogP) is 3.94. The van der Waals surface area contributed by atoms with Gasteiger partial charge in [-0.15, -0.1) is 0 Å². The van der Waals surface area contributed by atoms with E-state index in [1.165, 1.54) is 30.7 Å². The number of hydrogen-bond acceptors (Lipinski definition) is 3. The van der Waals surface area contributed by atoms with Crippen LogP contribution >= 0.6 is 0 Å². The molecule has 0 aliphatic carbocycles. The number of hydroxylamine groups is 2. The maximum atomic E-state index is 11.8. The monoisotopic (exact) mass is 255 g/mol. The van der Waals surface area contributed by atoms with Gasteiger partial charge in [0.15, 0.2) is 0 Å². The molecule has 0 amide bonds. The Morgan fingerprint density at radius 1 is 1.00 bits per heavy atom. The fourth-order valence-corrected chi connectivity index (χ4v) is 2.82. The molecular formula is C15H29NO2. The van der Waals surface area contributed by atoms with Crippen LogP contribution < -0.4 is 0 Å². The lowest BCUT2D eigenvalue weighted by Gasteiger charge is -2.37. The number of carbonyl (C=O) groups excluding carboxylic acids is 1. The molecule has 0 radical (unpaired) electrons. The van der Waals surface area contributed by atoms with Crippen LogP contribution in [0.5, 0.6) is 0 Å². The molecule has 1 aliphatic heterocycles. The summed E-state index contributed by atoms with van der Waals surface area (Å²) in [4.78, 5) is 11.8. The standard InChI is InChI=1S/C15H29NO2/c1-3-5-7-9-13-11-15(17)12-14(16(13)18)10-8-6-4-2/h13-14,18H,3-12H2,1-2H3. The van der Waals surface area contributed by atoms with Gasteiger partial charge in [-0.25, -0.2) is 0 Å². The highest BCUT2D eigenvalue weighted by Crippen LogP contribution is 2.25. The van der Waals surface area contributed by atoms with Crippen LogP contribution in [0.3, 0.4) is 0 Å². The van der Waals surface area contributed by atoms with E-state index in [0.29, 0.717) is 18.6 Å². The molecule has 1 aliphatic rings. The van der Waals surface area contributed by atoms with E-state index in [1.54, 1.807) is 0 Å². The first-order chi connectivity index (χ1) is 8.69. The number of Topliss-reactive ketones (excluding diaryl/α,β-unsaturated/α-hetero) is 1. The number of nitrogens with zero attached hydrogens (tertiary/aromatic N) is 1. The fourth-order valence-electron chi connectivity index (χ4n) is 2.82. The molecule has 3 heteroatoms. The average molecular weight is 255 g/mol. The SMILES string of the molecule is CCCCCC1CC(=O)CC(CCCCC)N1O. The van der Waals surface area contributed by atoms with Crippen molar-refractivity contribution in [1.82, 2.24) is 5.06 Å². The molecule has 2 unspecified atom stereocenters. The van der Waals surface area contributed by atoms with Crippen LogP contribution in [-0.4, -0.2) is 28.1 Å². The number of hydrogen-bond donors (Lipinski definition) is 1. The molecule has 2 atom stereocenters. The second-order valence-electron chi connectivity index (χ2n) is 5.63. The Morgan fingerprint density at radius 2 is 1.44 bits per heavy atom. The summed E-state index contributed by atoms with van der Waals surface area (Å²) in [6, 6.07) is 0.147. The highest BCUT2D eigenvalue weighted by molar-refractivity contribution is 5.80. The van der Waals surface area contributed by atoms with E-state index in [0.717, 1.165) is 25.7 Å². The fraction of sp³-hybridized carbons (Fsp3) is 0.933. The van der Waals surface area contributed by atoms with Crippen LogP contribution in [-0.2, 0) is 4.79 Å². The maximum absolute atomic E-state index is 11.8. The second-order valence-corrected chi connectivity index (χ2v) is 5.63. The summed E-state index contributed by atoms with van der Waals surface area (Å²) in [5, 5.41) is 11.7. The van der Waals surface area contributed by atoms with E-state index < -0.39 is 0 Å². The van der Waals surface area contributed by atoms with Gasteiger partial charge in [-0.3, -0.25) is 4.79 Å². The third-order valence-electron chi connectivity index (χ3n) is 3.96. The molecule has 106 valence electrons. The van der Waals surface area contributed by atoms with Gasteiger partial charge < -0.3 is 5.21 Å². The Hall–Kier alpha value is -0.410. The molecule has 1 heterocycles. The van der Waals surface area contributed by atoms with E-state index in [-0.39, 0.29) is 12.1 Å². The summed E-state index contributed by atoms with van der Waals surface area (Å²) in [5.74, 6) is 0.336. The van der Waals surface area contributed by atoms with E-state index in [9.17, 15) is 10.0 Å². The van der Waals surface area contributed by atoms with Crippen molar-refractivity contribution < 1.29 is 10.0 Å². The first kappa shape index (κ1) is 15.6. The van der Waals surface area contributed by atoms with Gasteiger partial charge in [-0.1, -0.05) is 52.4 Å². The lowest BCUT2D eigenvalue weighted by molar-refractivity contribution is -0.184. The zero-order chi connectivity index (χ0) is 13.4. The summed E-state index contributed by atoms with van der Waals surface area (Å²) < 4.78 is 0. The minimum absolute atomic E-state index is 0.0735. The summed E-state index contributed by atoms with van der Waals surface area (Å²) in [7, 11) is 0. The first-order valence-electron chi connectivity index (χ1n) is 7.67. The number of rotatable bonds is 8. The molecule has 0 aromatic rings. The molecule has 1 saturated heterocycles. The van der Waals surface area contributed by atoms with Gasteiger partial charge in [0.05, 0.1) is 0 Å². The minimum atomic E-state index is 0.0735. The van der Waals surface area contributed by atoms with Crippen LogP contribution in [0.4, 0.5) is 0 Å². The molecule has 0 bridgehead atoms. The quantitative estimate of drug-likeness (QED) is 0.668. The van der Waals surface area contributed by atoms with Crippen LogP contribution in [0.2, 0.25) is 0 Å². The first-order valence-corrected chi connectivity index (χ1v) is 7.67. The van der Waals surface area contributed by atoms with Crippen molar-refractivity contribution in [2.45, 2.75) is 90.1 Å². The minimum Gasteiger partial charge on any atom is -0.313 e. The van der Waals surface area contributed by atoms with Crippen LogP contribution in [0.1, 0.15) is 78.1 Å². The van der Waals surface area contributed by atoms with Crippen molar-refractivity contribution in [2.75, 3.05) is 0 Å². The van der Waals surface area contributed by atoms with E-state index in [4.69, 9.17) is 0 Å². The van der Waals surface area contributed by atoms with E-state index in [1.807, 2.05) is 0 Å². The Balaban J connectivity index is 2.40. The number of piperidine rings is 1. The molecule has 1 rings (SSSR count). The smallest absolute Gasteiger partial charge is 0.136 e. The van der Waals surface area contributed by atoms with Crippen LogP contribution in [0.25, 0.3) is 0 Å². The maximum Gasteiger partial charge on any atom is 0.136 e. The van der Waals surface area contributed by atoms with Gasteiger partial charge in [0.2, 0.25) is 0 Å². The third-order valence-corrected chi connectivity index (χ3v) is 3.96. The molecule has 3 nitrogen and oxygen atoms in total. The number of ketones is 1. The Morgan fingerprint density at radius 3 is 1.83 bits per heavy atom. The molecule has 0 saturated carbocycles.